The average molecular weight is 290 g/mol. The summed E-state index contributed by atoms with van der Waals surface area (Å²) in [5.41, 5.74) is 3.42. The van der Waals surface area contributed by atoms with Crippen LogP contribution in [0.2, 0.25) is 5.02 Å². The van der Waals surface area contributed by atoms with E-state index in [1.165, 1.54) is 11.1 Å². The van der Waals surface area contributed by atoms with Crippen LogP contribution in [0.15, 0.2) is 48.5 Å². The quantitative estimate of drug-likeness (QED) is 0.798. The first-order chi connectivity index (χ1) is 9.68. The Balaban J connectivity index is 1.79. The van der Waals surface area contributed by atoms with Crippen LogP contribution in [0.25, 0.3) is 0 Å². The molecule has 2 rings (SSSR count). The Morgan fingerprint density at radius 1 is 1.10 bits per heavy atom. The number of halogens is 1. The molecule has 1 atom stereocenters. The topological polar surface area (TPSA) is 32.3 Å². The van der Waals surface area contributed by atoms with Crippen LogP contribution in [0, 0.1) is 6.92 Å². The highest BCUT2D eigenvalue weighted by molar-refractivity contribution is 6.31. The van der Waals surface area contributed by atoms with Gasteiger partial charge in [0.1, 0.15) is 0 Å². The highest BCUT2D eigenvalue weighted by atomic mass is 35.5. The molecule has 106 valence electrons. The van der Waals surface area contributed by atoms with Gasteiger partial charge >= 0.3 is 0 Å². The minimum absolute atomic E-state index is 0.510. The van der Waals surface area contributed by atoms with Gasteiger partial charge in [-0.3, -0.25) is 0 Å². The lowest BCUT2D eigenvalue weighted by atomic mass is 10.1. The third kappa shape index (κ3) is 4.07. The minimum Gasteiger partial charge on any atom is -0.387 e. The van der Waals surface area contributed by atoms with Crippen LogP contribution in [0.5, 0.6) is 0 Å². The van der Waals surface area contributed by atoms with Crippen LogP contribution in [-0.4, -0.2) is 18.2 Å². The molecule has 0 saturated carbocycles. The Kier molecular flexibility index (Phi) is 5.60. The van der Waals surface area contributed by atoms with Crippen molar-refractivity contribution in [2.24, 2.45) is 0 Å². The molecule has 2 N–H and O–H groups in total. The number of rotatable bonds is 6. The number of hydrogen-bond acceptors (Lipinski definition) is 2. The van der Waals surface area contributed by atoms with Crippen molar-refractivity contribution >= 4 is 11.6 Å². The molecule has 2 aromatic carbocycles. The lowest BCUT2D eigenvalue weighted by molar-refractivity contribution is 0.175. The van der Waals surface area contributed by atoms with E-state index < -0.39 is 6.10 Å². The number of aliphatic hydroxyl groups is 1. The first kappa shape index (κ1) is 15.0. The van der Waals surface area contributed by atoms with Gasteiger partial charge in [-0.1, -0.05) is 54.1 Å². The van der Waals surface area contributed by atoms with E-state index in [2.05, 4.69) is 30.4 Å². The van der Waals surface area contributed by atoms with E-state index in [0.717, 1.165) is 18.5 Å². The van der Waals surface area contributed by atoms with Crippen molar-refractivity contribution in [3.63, 3.8) is 0 Å². The molecule has 0 spiro atoms. The summed E-state index contributed by atoms with van der Waals surface area (Å²) in [6.07, 6.45) is 0.391. The molecular formula is C17H20ClNO. The summed E-state index contributed by atoms with van der Waals surface area (Å²) < 4.78 is 0. The first-order valence-corrected chi connectivity index (χ1v) is 7.24. The summed E-state index contributed by atoms with van der Waals surface area (Å²) in [6, 6.07) is 15.8. The SMILES string of the molecule is Cc1ccccc1CCNCC(O)c1ccccc1Cl. The van der Waals surface area contributed by atoms with Crippen LogP contribution in [0.3, 0.4) is 0 Å². The van der Waals surface area contributed by atoms with Gasteiger partial charge in [-0.25, -0.2) is 0 Å². The molecule has 2 aromatic rings. The molecule has 0 aliphatic carbocycles. The summed E-state index contributed by atoms with van der Waals surface area (Å²) in [5, 5.41) is 14.0. The number of nitrogens with one attached hydrogen (secondary N) is 1. The maximum absolute atomic E-state index is 10.1. The van der Waals surface area contributed by atoms with Crippen molar-refractivity contribution in [1.29, 1.82) is 0 Å². The lowest BCUT2D eigenvalue weighted by Crippen LogP contribution is -2.24. The second kappa shape index (κ2) is 7.44. The van der Waals surface area contributed by atoms with Gasteiger partial charge in [0.2, 0.25) is 0 Å². The van der Waals surface area contributed by atoms with Gasteiger partial charge in [0, 0.05) is 17.1 Å². The maximum Gasteiger partial charge on any atom is 0.0928 e. The van der Waals surface area contributed by atoms with Gasteiger partial charge in [-0.05, 0) is 37.1 Å². The van der Waals surface area contributed by atoms with Crippen molar-refractivity contribution < 1.29 is 5.11 Å². The Bertz CT molecular complexity index is 556. The number of aryl methyl sites for hydroxylation is 1. The van der Waals surface area contributed by atoms with Gasteiger partial charge in [0.25, 0.3) is 0 Å². The summed E-state index contributed by atoms with van der Waals surface area (Å²) in [7, 11) is 0. The zero-order chi connectivity index (χ0) is 14.4. The van der Waals surface area contributed by atoms with Crippen molar-refractivity contribution in [1.82, 2.24) is 5.32 Å². The Morgan fingerprint density at radius 3 is 2.55 bits per heavy atom. The van der Waals surface area contributed by atoms with Gasteiger partial charge in [0.05, 0.1) is 6.10 Å². The smallest absolute Gasteiger partial charge is 0.0928 e. The van der Waals surface area contributed by atoms with E-state index in [-0.39, 0.29) is 0 Å². The van der Waals surface area contributed by atoms with Gasteiger partial charge < -0.3 is 10.4 Å². The van der Waals surface area contributed by atoms with Gasteiger partial charge in [-0.2, -0.15) is 0 Å². The molecule has 0 amide bonds. The van der Waals surface area contributed by atoms with Gasteiger partial charge in [-0.15, -0.1) is 0 Å². The fourth-order valence-corrected chi connectivity index (χ4v) is 2.47. The van der Waals surface area contributed by atoms with Crippen LogP contribution in [-0.2, 0) is 6.42 Å². The van der Waals surface area contributed by atoms with Crippen molar-refractivity contribution in [3.05, 3.63) is 70.2 Å². The van der Waals surface area contributed by atoms with E-state index in [0.29, 0.717) is 11.6 Å². The minimum atomic E-state index is -0.569. The van der Waals surface area contributed by atoms with Crippen LogP contribution in [0.4, 0.5) is 0 Å². The molecule has 0 radical (unpaired) electrons. The van der Waals surface area contributed by atoms with Crippen LogP contribution >= 0.6 is 11.6 Å². The molecule has 1 unspecified atom stereocenters. The molecule has 0 heterocycles. The molecule has 20 heavy (non-hydrogen) atoms. The summed E-state index contributed by atoms with van der Waals surface area (Å²) in [5.74, 6) is 0. The average Bonchev–Trinajstić information content (AvgIpc) is 2.45. The van der Waals surface area contributed by atoms with Crippen molar-refractivity contribution in [2.45, 2.75) is 19.4 Å². The monoisotopic (exact) mass is 289 g/mol. The largest absolute Gasteiger partial charge is 0.387 e. The van der Waals surface area contributed by atoms with E-state index in [9.17, 15) is 5.11 Å². The normalized spacial score (nSPS) is 12.3. The number of hydrogen-bond donors (Lipinski definition) is 2. The summed E-state index contributed by atoms with van der Waals surface area (Å²) in [4.78, 5) is 0. The third-order valence-electron chi connectivity index (χ3n) is 3.43. The van der Waals surface area contributed by atoms with Crippen molar-refractivity contribution in [2.75, 3.05) is 13.1 Å². The molecule has 0 bridgehead atoms. The van der Waals surface area contributed by atoms with E-state index in [4.69, 9.17) is 11.6 Å². The highest BCUT2D eigenvalue weighted by Crippen LogP contribution is 2.21. The second-order valence-electron chi connectivity index (χ2n) is 4.92. The predicted octanol–water partition coefficient (Wildman–Crippen LogP) is 3.51. The molecule has 3 heteroatoms. The number of benzene rings is 2. The number of aliphatic hydroxyl groups excluding tert-OH is 1. The Hall–Kier alpha value is -1.35. The molecule has 2 nitrogen and oxygen atoms in total. The summed E-state index contributed by atoms with van der Waals surface area (Å²) in [6.45, 7) is 3.47. The zero-order valence-electron chi connectivity index (χ0n) is 11.6. The lowest BCUT2D eigenvalue weighted by Gasteiger charge is -2.14. The molecule has 0 aliphatic rings. The molecule has 0 saturated heterocycles. The molecular weight excluding hydrogens is 270 g/mol. The molecule has 0 fully saturated rings. The van der Waals surface area contributed by atoms with E-state index in [1.807, 2.05) is 24.3 Å². The molecule has 0 aromatic heterocycles. The van der Waals surface area contributed by atoms with Gasteiger partial charge in [0.15, 0.2) is 0 Å². The van der Waals surface area contributed by atoms with Crippen LogP contribution in [0.1, 0.15) is 22.8 Å². The first-order valence-electron chi connectivity index (χ1n) is 6.86. The third-order valence-corrected chi connectivity index (χ3v) is 3.78. The highest BCUT2D eigenvalue weighted by Gasteiger charge is 2.10. The Labute approximate surface area is 125 Å². The standard InChI is InChI=1S/C17H20ClNO/c1-13-6-2-3-7-14(13)10-11-19-12-17(20)15-8-4-5-9-16(15)18/h2-9,17,19-20H,10-12H2,1H3. The molecule has 0 aliphatic heterocycles. The summed E-state index contributed by atoms with van der Waals surface area (Å²) >= 11 is 6.06. The van der Waals surface area contributed by atoms with E-state index in [1.54, 1.807) is 6.07 Å². The van der Waals surface area contributed by atoms with Crippen LogP contribution < -0.4 is 5.32 Å². The Morgan fingerprint density at radius 2 is 1.80 bits per heavy atom. The predicted molar refractivity (Wildman–Crippen MR) is 84.2 cm³/mol. The maximum atomic E-state index is 10.1. The fourth-order valence-electron chi connectivity index (χ4n) is 2.21. The fraction of sp³-hybridized carbons (Fsp3) is 0.294. The van der Waals surface area contributed by atoms with E-state index >= 15 is 0 Å². The second-order valence-corrected chi connectivity index (χ2v) is 5.33. The zero-order valence-corrected chi connectivity index (χ0v) is 12.4. The van der Waals surface area contributed by atoms with Crippen molar-refractivity contribution in [3.8, 4) is 0 Å².